The molecule has 8 aromatic rings. The highest BCUT2D eigenvalue weighted by molar-refractivity contribution is 6.02. The second kappa shape index (κ2) is 11.4. The number of fused-ring (bicyclic) bond motifs is 16. The Balaban J connectivity index is 1.16. The molecule has 0 bridgehead atoms. The van der Waals surface area contributed by atoms with E-state index >= 15 is 0 Å². The van der Waals surface area contributed by atoms with Crippen LogP contribution in [-0.2, 0) is 16.2 Å². The molecule has 58 heavy (non-hydrogen) atoms. The molecule has 0 radical (unpaired) electrons. The summed E-state index contributed by atoms with van der Waals surface area (Å²) >= 11 is 0. The lowest BCUT2D eigenvalue weighted by Gasteiger charge is -2.33. The Bertz CT molecular complexity index is 2940. The van der Waals surface area contributed by atoms with Gasteiger partial charge in [-0.3, -0.25) is 0 Å². The molecule has 0 fully saturated rings. The Morgan fingerprint density at radius 3 is 1.28 bits per heavy atom. The Kier molecular flexibility index (Phi) is 6.60. The maximum Gasteiger partial charge on any atom is 0.0726 e. The summed E-state index contributed by atoms with van der Waals surface area (Å²) in [7, 11) is 0. The first-order valence-corrected chi connectivity index (χ1v) is 20.8. The number of hydrogen-bond donors (Lipinski definition) is 0. The van der Waals surface area contributed by atoms with Gasteiger partial charge in [0.05, 0.1) is 11.1 Å². The van der Waals surface area contributed by atoms with Crippen LogP contribution >= 0.6 is 0 Å². The molecule has 12 rings (SSSR count). The van der Waals surface area contributed by atoms with Crippen LogP contribution in [0.5, 0.6) is 0 Å². The van der Waals surface area contributed by atoms with Gasteiger partial charge in [0.1, 0.15) is 0 Å². The molecule has 4 aliphatic rings. The van der Waals surface area contributed by atoms with Crippen LogP contribution in [0.1, 0.15) is 83.3 Å². The quantitative estimate of drug-likeness (QED) is 0.174. The zero-order valence-corrected chi connectivity index (χ0v) is 34.0. The largest absolute Gasteiger partial charge is 0.310 e. The van der Waals surface area contributed by atoms with Crippen molar-refractivity contribution >= 4 is 17.1 Å². The molecule has 0 saturated carbocycles. The van der Waals surface area contributed by atoms with Crippen LogP contribution in [0.15, 0.2) is 164 Å². The van der Waals surface area contributed by atoms with Crippen molar-refractivity contribution in [3.05, 3.63) is 219 Å². The lowest BCUT2D eigenvalue weighted by atomic mass is 9.70. The molecular formula is C57H45N. The molecule has 1 spiro atoms. The van der Waals surface area contributed by atoms with E-state index in [-0.39, 0.29) is 10.8 Å². The van der Waals surface area contributed by atoms with E-state index in [1.165, 1.54) is 117 Å². The predicted molar refractivity (Wildman–Crippen MR) is 242 cm³/mol. The molecule has 0 aliphatic heterocycles. The average molecular weight is 744 g/mol. The van der Waals surface area contributed by atoms with Gasteiger partial charge in [0.15, 0.2) is 0 Å². The van der Waals surface area contributed by atoms with Crippen LogP contribution in [0.2, 0.25) is 0 Å². The predicted octanol–water partition coefficient (Wildman–Crippen LogP) is 14.7. The third-order valence-corrected chi connectivity index (χ3v) is 14.4. The van der Waals surface area contributed by atoms with E-state index in [1.54, 1.807) is 0 Å². The molecule has 1 nitrogen and oxygen atoms in total. The highest BCUT2D eigenvalue weighted by Crippen LogP contribution is 2.65. The minimum atomic E-state index is -0.431. The fourth-order valence-corrected chi connectivity index (χ4v) is 11.7. The highest BCUT2D eigenvalue weighted by Gasteiger charge is 2.53. The van der Waals surface area contributed by atoms with Gasteiger partial charge in [-0.05, 0) is 128 Å². The fourth-order valence-electron chi connectivity index (χ4n) is 11.7. The smallest absolute Gasteiger partial charge is 0.0726 e. The first-order valence-electron chi connectivity index (χ1n) is 20.8. The number of hydrogen-bond acceptors (Lipinski definition) is 1. The standard InChI is InChI=1S/C57H45N/c1-34-22-26-42-43-27-23-35(2)31-52(43)57(51(42)30-34)47-19-12-9-16-44(47)54-48(57)20-13-21-53(54)58(36-24-28-40-38-14-7-10-17-45(38)55(3,4)49(40)32-36)37-25-29-41-39-15-8-11-18-46(39)56(5,6)50(41)33-37/h7-33H,1-6H3. The second-order valence-corrected chi connectivity index (χ2v) is 18.2. The Hall–Kier alpha value is -6.44. The molecule has 278 valence electrons. The summed E-state index contributed by atoms with van der Waals surface area (Å²) in [6, 6.07) is 63.0. The summed E-state index contributed by atoms with van der Waals surface area (Å²) in [4.78, 5) is 2.58. The van der Waals surface area contributed by atoms with Gasteiger partial charge in [0, 0.05) is 27.8 Å². The minimum absolute atomic E-state index is 0.128. The van der Waals surface area contributed by atoms with Crippen molar-refractivity contribution in [3.63, 3.8) is 0 Å². The molecule has 8 aromatic carbocycles. The lowest BCUT2D eigenvalue weighted by Crippen LogP contribution is -2.26. The van der Waals surface area contributed by atoms with E-state index < -0.39 is 5.41 Å². The molecule has 1 heteroatoms. The summed E-state index contributed by atoms with van der Waals surface area (Å²) in [5.41, 5.74) is 27.1. The van der Waals surface area contributed by atoms with Gasteiger partial charge in [-0.15, -0.1) is 0 Å². The van der Waals surface area contributed by atoms with Gasteiger partial charge in [-0.2, -0.15) is 0 Å². The Labute approximate surface area is 342 Å². The van der Waals surface area contributed by atoms with Gasteiger partial charge >= 0.3 is 0 Å². The maximum atomic E-state index is 2.58. The van der Waals surface area contributed by atoms with Gasteiger partial charge in [0.25, 0.3) is 0 Å². The van der Waals surface area contributed by atoms with Crippen molar-refractivity contribution in [2.75, 3.05) is 4.90 Å². The van der Waals surface area contributed by atoms with Gasteiger partial charge in [-0.1, -0.05) is 172 Å². The van der Waals surface area contributed by atoms with Crippen LogP contribution in [0.3, 0.4) is 0 Å². The van der Waals surface area contributed by atoms with E-state index in [0.717, 1.165) is 0 Å². The van der Waals surface area contributed by atoms with Crippen LogP contribution in [0.25, 0.3) is 44.5 Å². The Morgan fingerprint density at radius 2 is 0.741 bits per heavy atom. The van der Waals surface area contributed by atoms with Crippen molar-refractivity contribution in [2.24, 2.45) is 0 Å². The van der Waals surface area contributed by atoms with Crippen LogP contribution < -0.4 is 4.90 Å². The molecule has 0 saturated heterocycles. The topological polar surface area (TPSA) is 3.24 Å². The van der Waals surface area contributed by atoms with Crippen molar-refractivity contribution in [1.29, 1.82) is 0 Å². The molecule has 0 aromatic heterocycles. The van der Waals surface area contributed by atoms with Crippen LogP contribution in [0.4, 0.5) is 17.1 Å². The highest BCUT2D eigenvalue weighted by atomic mass is 15.1. The zero-order chi connectivity index (χ0) is 39.3. The molecule has 0 amide bonds. The molecular weight excluding hydrogens is 699 g/mol. The summed E-state index contributed by atoms with van der Waals surface area (Å²) in [6.45, 7) is 14.0. The monoisotopic (exact) mass is 743 g/mol. The summed E-state index contributed by atoms with van der Waals surface area (Å²) in [5, 5.41) is 0. The summed E-state index contributed by atoms with van der Waals surface area (Å²) < 4.78 is 0. The normalized spacial score (nSPS) is 15.8. The summed E-state index contributed by atoms with van der Waals surface area (Å²) in [5.74, 6) is 0. The third kappa shape index (κ3) is 4.11. The molecule has 0 atom stereocenters. The summed E-state index contributed by atoms with van der Waals surface area (Å²) in [6.07, 6.45) is 0. The van der Waals surface area contributed by atoms with Crippen molar-refractivity contribution in [2.45, 2.75) is 57.8 Å². The number of aryl methyl sites for hydroxylation is 2. The van der Waals surface area contributed by atoms with Crippen molar-refractivity contribution in [3.8, 4) is 44.5 Å². The van der Waals surface area contributed by atoms with Crippen LogP contribution in [0, 0.1) is 13.8 Å². The first kappa shape index (κ1) is 33.7. The van der Waals surface area contributed by atoms with Gasteiger partial charge < -0.3 is 4.90 Å². The van der Waals surface area contributed by atoms with Gasteiger partial charge in [0.2, 0.25) is 0 Å². The van der Waals surface area contributed by atoms with Crippen molar-refractivity contribution < 1.29 is 0 Å². The molecule has 0 heterocycles. The maximum absolute atomic E-state index is 2.58. The van der Waals surface area contributed by atoms with Crippen LogP contribution in [-0.4, -0.2) is 0 Å². The molecule has 0 unspecified atom stereocenters. The fraction of sp³-hybridized carbons (Fsp3) is 0.158. The molecule has 4 aliphatic carbocycles. The first-order chi connectivity index (χ1) is 28.1. The van der Waals surface area contributed by atoms with E-state index in [0.29, 0.717) is 0 Å². The second-order valence-electron chi connectivity index (χ2n) is 18.2. The lowest BCUT2D eigenvalue weighted by molar-refractivity contribution is 0.660. The zero-order valence-electron chi connectivity index (χ0n) is 34.0. The average Bonchev–Trinajstić information content (AvgIpc) is 3.86. The number of rotatable bonds is 3. The van der Waals surface area contributed by atoms with E-state index in [9.17, 15) is 0 Å². The number of nitrogens with zero attached hydrogens (tertiary/aromatic N) is 1. The number of anilines is 3. The number of benzene rings is 8. The van der Waals surface area contributed by atoms with Crippen molar-refractivity contribution in [1.82, 2.24) is 0 Å². The van der Waals surface area contributed by atoms with Gasteiger partial charge in [-0.25, -0.2) is 0 Å². The molecule has 0 N–H and O–H groups in total. The SMILES string of the molecule is Cc1ccc2c(c1)C1(c3cc(C)ccc3-2)c2ccccc2-c2c(N(c3ccc4c(c3)C(C)(C)c3ccccc3-4)c3ccc4c(c3)C(C)(C)c3ccccc3-4)cccc21. The van der Waals surface area contributed by atoms with E-state index in [1.807, 2.05) is 0 Å². The minimum Gasteiger partial charge on any atom is -0.310 e. The Morgan fingerprint density at radius 1 is 0.328 bits per heavy atom. The van der Waals surface area contributed by atoms with E-state index in [2.05, 4.69) is 210 Å². The third-order valence-electron chi connectivity index (χ3n) is 14.4. The van der Waals surface area contributed by atoms with E-state index in [4.69, 9.17) is 0 Å².